The van der Waals surface area contributed by atoms with Gasteiger partial charge in [0.05, 0.1) is 23.9 Å². The van der Waals surface area contributed by atoms with Gasteiger partial charge in [-0.2, -0.15) is 0 Å². The van der Waals surface area contributed by atoms with Crippen LogP contribution in [-0.4, -0.2) is 22.6 Å². The maximum Gasteiger partial charge on any atom is 0.325 e. The number of ether oxygens (including phenoxy) is 1. The minimum Gasteiger partial charge on any atom is -0.468 e. The molecule has 112 valence electrons. The number of carbonyl (C=O) groups is 1. The molecule has 3 rings (SSSR count). The summed E-state index contributed by atoms with van der Waals surface area (Å²) >= 11 is 0. The lowest BCUT2D eigenvalue weighted by Gasteiger charge is -2.08. The van der Waals surface area contributed by atoms with Gasteiger partial charge in [0.15, 0.2) is 0 Å². The minimum absolute atomic E-state index is 0.0693. The Kier molecular flexibility index (Phi) is 3.50. The summed E-state index contributed by atoms with van der Waals surface area (Å²) in [6.45, 7) is -0.0693. The topological polar surface area (TPSA) is 70.1 Å². The molecule has 22 heavy (non-hydrogen) atoms. The van der Waals surface area contributed by atoms with Crippen molar-refractivity contribution in [1.29, 1.82) is 0 Å². The summed E-state index contributed by atoms with van der Waals surface area (Å²) in [5.41, 5.74) is 7.90. The van der Waals surface area contributed by atoms with Crippen molar-refractivity contribution in [3.05, 3.63) is 48.3 Å². The van der Waals surface area contributed by atoms with E-state index in [0.717, 1.165) is 0 Å². The average Bonchev–Trinajstić information content (AvgIpc) is 2.88. The van der Waals surface area contributed by atoms with Crippen molar-refractivity contribution in [1.82, 2.24) is 9.55 Å². The van der Waals surface area contributed by atoms with Crippen LogP contribution < -0.4 is 5.73 Å². The van der Waals surface area contributed by atoms with Gasteiger partial charge in [-0.15, -0.1) is 0 Å². The summed E-state index contributed by atoms with van der Waals surface area (Å²) in [4.78, 5) is 16.1. The van der Waals surface area contributed by atoms with E-state index in [1.165, 1.54) is 13.2 Å². The predicted molar refractivity (Wildman–Crippen MR) is 81.6 cm³/mol. The minimum atomic E-state index is -0.445. The number of para-hydroxylation sites is 1. The van der Waals surface area contributed by atoms with E-state index in [1.807, 2.05) is 0 Å². The molecule has 6 heteroatoms. The fourth-order valence-corrected chi connectivity index (χ4v) is 2.37. The smallest absolute Gasteiger partial charge is 0.325 e. The molecule has 0 spiro atoms. The fraction of sp³-hybridized carbons (Fsp3) is 0.125. The molecule has 2 N–H and O–H groups in total. The predicted octanol–water partition coefficient (Wildman–Crippen LogP) is 2.60. The number of halogens is 1. The summed E-state index contributed by atoms with van der Waals surface area (Å²) in [6, 6.07) is 11.5. The first-order chi connectivity index (χ1) is 10.6. The molecule has 0 radical (unpaired) electrons. The Bertz CT molecular complexity index is 858. The van der Waals surface area contributed by atoms with E-state index >= 15 is 0 Å². The molecule has 0 fully saturated rings. The maximum atomic E-state index is 14.1. The second-order valence-corrected chi connectivity index (χ2v) is 4.79. The van der Waals surface area contributed by atoms with Crippen LogP contribution in [0.4, 0.5) is 10.1 Å². The Morgan fingerprint density at radius 3 is 2.77 bits per heavy atom. The molecule has 3 aromatic rings. The number of nitrogens with zero attached hydrogens (tertiary/aromatic N) is 2. The van der Waals surface area contributed by atoms with Gasteiger partial charge in [-0.1, -0.05) is 18.2 Å². The third-order valence-electron chi connectivity index (χ3n) is 3.44. The first-order valence-electron chi connectivity index (χ1n) is 6.68. The fourth-order valence-electron chi connectivity index (χ4n) is 2.37. The summed E-state index contributed by atoms with van der Waals surface area (Å²) in [6.07, 6.45) is 0. The number of carbonyl (C=O) groups excluding carboxylic acids is 1. The first-order valence-corrected chi connectivity index (χ1v) is 6.68. The standard InChI is InChI=1S/C16H14FN3O2/c1-22-14(21)9-20-13-8-4-7-12(18)15(13)19-16(20)10-5-2-3-6-11(10)17/h2-8H,9,18H2,1H3. The quantitative estimate of drug-likeness (QED) is 0.596. The lowest BCUT2D eigenvalue weighted by Crippen LogP contribution is -2.12. The van der Waals surface area contributed by atoms with Crippen LogP contribution in [0.15, 0.2) is 42.5 Å². The van der Waals surface area contributed by atoms with Gasteiger partial charge in [0.2, 0.25) is 0 Å². The van der Waals surface area contributed by atoms with Crippen molar-refractivity contribution in [3.8, 4) is 11.4 Å². The highest BCUT2D eigenvalue weighted by molar-refractivity contribution is 5.91. The number of anilines is 1. The molecule has 5 nitrogen and oxygen atoms in total. The number of nitrogens with two attached hydrogens (primary N) is 1. The molecule has 2 aromatic carbocycles. The van der Waals surface area contributed by atoms with E-state index in [9.17, 15) is 9.18 Å². The molecule has 0 aliphatic heterocycles. The molecule has 0 saturated heterocycles. The van der Waals surface area contributed by atoms with Crippen LogP contribution >= 0.6 is 0 Å². The third-order valence-corrected chi connectivity index (χ3v) is 3.44. The largest absolute Gasteiger partial charge is 0.468 e. The number of hydrogen-bond acceptors (Lipinski definition) is 4. The van der Waals surface area contributed by atoms with Gasteiger partial charge >= 0.3 is 5.97 Å². The van der Waals surface area contributed by atoms with Crippen molar-refractivity contribution < 1.29 is 13.9 Å². The zero-order valence-electron chi connectivity index (χ0n) is 11.9. The molecule has 0 unspecified atom stereocenters. The number of aromatic nitrogens is 2. The van der Waals surface area contributed by atoms with E-state index in [1.54, 1.807) is 41.0 Å². The highest BCUT2D eigenvalue weighted by Crippen LogP contribution is 2.29. The lowest BCUT2D eigenvalue weighted by molar-refractivity contribution is -0.141. The van der Waals surface area contributed by atoms with Gasteiger partial charge in [0, 0.05) is 0 Å². The van der Waals surface area contributed by atoms with Gasteiger partial charge in [-0.25, -0.2) is 9.37 Å². The van der Waals surface area contributed by atoms with Crippen molar-refractivity contribution >= 4 is 22.7 Å². The van der Waals surface area contributed by atoms with Crippen molar-refractivity contribution in [2.75, 3.05) is 12.8 Å². The van der Waals surface area contributed by atoms with Crippen LogP contribution in [0.2, 0.25) is 0 Å². The lowest BCUT2D eigenvalue weighted by atomic mass is 10.2. The number of imidazole rings is 1. The summed E-state index contributed by atoms with van der Waals surface area (Å²) < 4.78 is 20.4. The zero-order valence-corrected chi connectivity index (χ0v) is 11.9. The molecular weight excluding hydrogens is 285 g/mol. The van der Waals surface area contributed by atoms with Crippen LogP contribution in [-0.2, 0) is 16.1 Å². The van der Waals surface area contributed by atoms with E-state index in [2.05, 4.69) is 4.98 Å². The number of benzene rings is 2. The number of methoxy groups -OCH3 is 1. The van der Waals surface area contributed by atoms with Gasteiger partial charge in [-0.3, -0.25) is 4.79 Å². The summed E-state index contributed by atoms with van der Waals surface area (Å²) in [7, 11) is 1.30. The van der Waals surface area contributed by atoms with E-state index in [0.29, 0.717) is 28.1 Å². The monoisotopic (exact) mass is 299 g/mol. The van der Waals surface area contributed by atoms with Crippen molar-refractivity contribution in [2.45, 2.75) is 6.54 Å². The highest BCUT2D eigenvalue weighted by Gasteiger charge is 2.18. The Balaban J connectivity index is 2.29. The molecule has 0 aliphatic rings. The normalized spacial score (nSPS) is 10.8. The van der Waals surface area contributed by atoms with Crippen LogP contribution in [0.5, 0.6) is 0 Å². The van der Waals surface area contributed by atoms with Crippen LogP contribution in [0.1, 0.15) is 0 Å². The molecular formula is C16H14FN3O2. The Labute approximate surface area is 126 Å². The Morgan fingerprint density at radius 1 is 1.27 bits per heavy atom. The second-order valence-electron chi connectivity index (χ2n) is 4.79. The second kappa shape index (κ2) is 5.48. The molecule has 0 saturated carbocycles. The Hall–Kier alpha value is -2.89. The molecule has 1 heterocycles. The summed E-state index contributed by atoms with van der Waals surface area (Å²) in [5, 5.41) is 0. The number of esters is 1. The number of nitrogen functional groups attached to an aromatic ring is 1. The van der Waals surface area contributed by atoms with Crippen molar-refractivity contribution in [2.24, 2.45) is 0 Å². The van der Waals surface area contributed by atoms with Crippen molar-refractivity contribution in [3.63, 3.8) is 0 Å². The van der Waals surface area contributed by atoms with Crippen LogP contribution in [0.3, 0.4) is 0 Å². The van der Waals surface area contributed by atoms with Gasteiger partial charge in [0.25, 0.3) is 0 Å². The zero-order chi connectivity index (χ0) is 15.7. The number of hydrogen-bond donors (Lipinski definition) is 1. The Morgan fingerprint density at radius 2 is 2.05 bits per heavy atom. The molecule has 0 atom stereocenters. The highest BCUT2D eigenvalue weighted by atomic mass is 19.1. The molecule has 1 aromatic heterocycles. The summed E-state index contributed by atoms with van der Waals surface area (Å²) in [5.74, 6) is -0.516. The number of rotatable bonds is 3. The maximum absolute atomic E-state index is 14.1. The van der Waals surface area contributed by atoms with Gasteiger partial charge in [0.1, 0.15) is 23.7 Å². The van der Waals surface area contributed by atoms with E-state index < -0.39 is 11.8 Å². The average molecular weight is 299 g/mol. The molecule has 0 bridgehead atoms. The van der Waals surface area contributed by atoms with Crippen LogP contribution in [0, 0.1) is 5.82 Å². The third kappa shape index (κ3) is 2.28. The van der Waals surface area contributed by atoms with Gasteiger partial charge < -0.3 is 15.0 Å². The SMILES string of the molecule is COC(=O)Cn1c(-c2ccccc2F)nc2c(N)cccc21. The van der Waals surface area contributed by atoms with E-state index in [4.69, 9.17) is 10.5 Å². The first kappa shape index (κ1) is 14.1. The van der Waals surface area contributed by atoms with Crippen LogP contribution in [0.25, 0.3) is 22.4 Å². The molecule has 0 aliphatic carbocycles. The van der Waals surface area contributed by atoms with E-state index in [-0.39, 0.29) is 6.54 Å². The number of fused-ring (bicyclic) bond motifs is 1. The molecule has 0 amide bonds. The van der Waals surface area contributed by atoms with Gasteiger partial charge in [-0.05, 0) is 24.3 Å².